The summed E-state index contributed by atoms with van der Waals surface area (Å²) < 4.78 is 12.0. The number of pyridine rings is 1. The van der Waals surface area contributed by atoms with Gasteiger partial charge in [0.15, 0.2) is 5.78 Å². The third-order valence-corrected chi connectivity index (χ3v) is 10.7. The number of carbonyl (C=O) groups excluding carboxylic acids is 4. The number of benzene rings is 1. The average Bonchev–Trinajstić information content (AvgIpc) is 3.60. The van der Waals surface area contributed by atoms with E-state index < -0.39 is 24.2 Å². The molecule has 0 bridgehead atoms. The van der Waals surface area contributed by atoms with Crippen LogP contribution in [0, 0.1) is 23.7 Å². The molecule has 10 heteroatoms. The number of Topliss-reactive ketones (excluding diaryl/α,β-unsaturated/α-hetero) is 2. The molecule has 0 unspecified atom stereocenters. The maximum absolute atomic E-state index is 14.2. The van der Waals surface area contributed by atoms with Gasteiger partial charge in [0.2, 0.25) is 11.8 Å². The summed E-state index contributed by atoms with van der Waals surface area (Å²) in [5.74, 6) is -1.18. The molecule has 2 heterocycles. The molecule has 50 heavy (non-hydrogen) atoms. The highest BCUT2D eigenvalue weighted by Crippen LogP contribution is 2.31. The molecule has 0 spiro atoms. The Morgan fingerprint density at radius 1 is 1.02 bits per heavy atom. The first-order valence-corrected chi connectivity index (χ1v) is 18.3. The van der Waals surface area contributed by atoms with Gasteiger partial charge in [-0.15, -0.1) is 0 Å². The first-order valence-electron chi connectivity index (χ1n) is 18.3. The number of ether oxygens (including phenoxy) is 2. The van der Waals surface area contributed by atoms with Crippen molar-refractivity contribution in [2.45, 2.75) is 110 Å². The van der Waals surface area contributed by atoms with Crippen molar-refractivity contribution in [3.05, 3.63) is 59.9 Å². The normalized spacial score (nSPS) is 18.3. The standard InChI is InChI=1S/C40H60N4O6/c1-9-27(4)38(43(6)40(48)32(26(2)3)23-35(46)30-17-19-31(41)20-18-30)36(49-7)24-37(47)44-22-12-15-33(44)39(50-8)28(5)34(45)16-10-13-29-14-11-21-42-25-29/h11,14,17-21,25-28,32-33,36,38-39H,9-10,12-13,15-16,22-24,41H2,1-8H3/t27-,28-,32-,33-,36+,38-,39+/m0/s1. The second kappa shape index (κ2) is 19.7. The Morgan fingerprint density at radius 2 is 1.72 bits per heavy atom. The van der Waals surface area contributed by atoms with Crippen LogP contribution in [0.25, 0.3) is 0 Å². The van der Waals surface area contributed by atoms with E-state index in [4.69, 9.17) is 15.2 Å². The van der Waals surface area contributed by atoms with E-state index in [0.717, 1.165) is 37.7 Å². The molecule has 3 rings (SSSR count). The Balaban J connectivity index is 1.72. The van der Waals surface area contributed by atoms with Crippen LogP contribution in [0.4, 0.5) is 5.69 Å². The first kappa shape index (κ1) is 40.8. The quantitative estimate of drug-likeness (QED) is 0.132. The first-order chi connectivity index (χ1) is 23.8. The van der Waals surface area contributed by atoms with Gasteiger partial charge in [0, 0.05) is 76.1 Å². The summed E-state index contributed by atoms with van der Waals surface area (Å²) in [6.07, 6.45) is 7.01. The number of hydrogen-bond donors (Lipinski definition) is 1. The minimum Gasteiger partial charge on any atom is -0.399 e. The molecular weight excluding hydrogens is 632 g/mol. The number of carbonyl (C=O) groups is 4. The average molecular weight is 693 g/mol. The molecule has 0 saturated carbocycles. The molecule has 1 aromatic heterocycles. The lowest BCUT2D eigenvalue weighted by Crippen LogP contribution is -2.54. The Kier molecular flexibility index (Phi) is 16.1. The van der Waals surface area contributed by atoms with Gasteiger partial charge in [-0.1, -0.05) is 47.1 Å². The second-order valence-corrected chi connectivity index (χ2v) is 14.4. The van der Waals surface area contributed by atoms with E-state index in [1.807, 2.05) is 44.0 Å². The van der Waals surface area contributed by atoms with Crippen LogP contribution in [0.2, 0.25) is 0 Å². The molecule has 1 aliphatic rings. The predicted octanol–water partition coefficient (Wildman–Crippen LogP) is 6.02. The van der Waals surface area contributed by atoms with Crippen molar-refractivity contribution in [1.82, 2.24) is 14.8 Å². The number of anilines is 1. The van der Waals surface area contributed by atoms with Crippen molar-refractivity contribution in [2.24, 2.45) is 23.7 Å². The number of aromatic nitrogens is 1. The number of aryl methyl sites for hydroxylation is 1. The Morgan fingerprint density at radius 3 is 2.30 bits per heavy atom. The van der Waals surface area contributed by atoms with Crippen LogP contribution in [0.1, 0.15) is 95.5 Å². The lowest BCUT2D eigenvalue weighted by atomic mass is 9.85. The number of amides is 2. The summed E-state index contributed by atoms with van der Waals surface area (Å²) in [7, 11) is 4.97. The zero-order valence-electron chi connectivity index (χ0n) is 31.5. The molecule has 1 fully saturated rings. The van der Waals surface area contributed by atoms with Gasteiger partial charge in [-0.05, 0) is 73.4 Å². The molecular formula is C40H60N4O6. The van der Waals surface area contributed by atoms with E-state index in [1.165, 1.54) is 0 Å². The van der Waals surface area contributed by atoms with Gasteiger partial charge in [0.25, 0.3) is 0 Å². The molecule has 2 amide bonds. The van der Waals surface area contributed by atoms with Gasteiger partial charge in [-0.3, -0.25) is 24.2 Å². The summed E-state index contributed by atoms with van der Waals surface area (Å²) in [5, 5.41) is 0. The Labute approximate surface area is 299 Å². The molecule has 1 saturated heterocycles. The fourth-order valence-electron chi connectivity index (χ4n) is 7.44. The van der Waals surface area contributed by atoms with E-state index in [1.54, 1.807) is 56.6 Å². The van der Waals surface area contributed by atoms with Crippen LogP contribution in [0.15, 0.2) is 48.8 Å². The summed E-state index contributed by atoms with van der Waals surface area (Å²) >= 11 is 0. The van der Waals surface area contributed by atoms with Crippen LogP contribution in [-0.4, -0.2) is 90.3 Å². The second-order valence-electron chi connectivity index (χ2n) is 14.4. The number of nitrogen functional groups attached to an aromatic ring is 1. The molecule has 1 aliphatic heterocycles. The van der Waals surface area contributed by atoms with E-state index in [9.17, 15) is 19.2 Å². The van der Waals surface area contributed by atoms with Crippen LogP contribution >= 0.6 is 0 Å². The number of likely N-dealkylation sites (tertiary alicyclic amines) is 1. The highest BCUT2D eigenvalue weighted by molar-refractivity contribution is 5.99. The third kappa shape index (κ3) is 10.7. The van der Waals surface area contributed by atoms with E-state index in [0.29, 0.717) is 24.2 Å². The van der Waals surface area contributed by atoms with Crippen LogP contribution < -0.4 is 5.73 Å². The van der Waals surface area contributed by atoms with Crippen LogP contribution in [-0.2, 0) is 30.3 Å². The topological polar surface area (TPSA) is 132 Å². The van der Waals surface area contributed by atoms with Crippen molar-refractivity contribution in [1.29, 1.82) is 0 Å². The van der Waals surface area contributed by atoms with Crippen molar-refractivity contribution in [3.8, 4) is 0 Å². The molecule has 1 aromatic carbocycles. The van der Waals surface area contributed by atoms with Gasteiger partial charge in [0.1, 0.15) is 5.78 Å². The van der Waals surface area contributed by atoms with Crippen LogP contribution in [0.5, 0.6) is 0 Å². The molecule has 2 N–H and O–H groups in total. The largest absolute Gasteiger partial charge is 0.399 e. The fourth-order valence-corrected chi connectivity index (χ4v) is 7.44. The summed E-state index contributed by atoms with van der Waals surface area (Å²) in [6, 6.07) is 10.1. The van der Waals surface area contributed by atoms with Gasteiger partial charge >= 0.3 is 0 Å². The number of ketones is 2. The van der Waals surface area contributed by atoms with E-state index in [2.05, 4.69) is 18.8 Å². The predicted molar refractivity (Wildman–Crippen MR) is 196 cm³/mol. The summed E-state index contributed by atoms with van der Waals surface area (Å²) in [5.41, 5.74) is 8.01. The minimum absolute atomic E-state index is 0.0210. The number of likely N-dealkylation sites (N-methyl/N-ethyl adjacent to an activating group) is 1. The fraction of sp³-hybridized carbons (Fsp3) is 0.625. The molecule has 0 radical (unpaired) electrons. The van der Waals surface area contributed by atoms with Crippen molar-refractivity contribution < 1.29 is 28.7 Å². The summed E-state index contributed by atoms with van der Waals surface area (Å²) in [6.45, 7) is 10.5. The maximum atomic E-state index is 14.2. The smallest absolute Gasteiger partial charge is 0.226 e. The SMILES string of the molecule is CC[C@H](C)[C@@H]([C@@H](CC(=O)N1CCC[C@H]1[C@H](OC)[C@@H](C)C(=O)CCCc1cccnc1)OC)N(C)C(=O)[C@@H](CC(=O)c1ccc(N)cc1)C(C)C. The van der Waals surface area contributed by atoms with E-state index in [-0.39, 0.29) is 60.0 Å². The van der Waals surface area contributed by atoms with Gasteiger partial charge < -0.3 is 25.0 Å². The molecule has 7 atom stereocenters. The highest BCUT2D eigenvalue weighted by Gasteiger charge is 2.42. The van der Waals surface area contributed by atoms with Crippen molar-refractivity contribution in [3.63, 3.8) is 0 Å². The molecule has 2 aromatic rings. The minimum atomic E-state index is -0.569. The molecule has 0 aliphatic carbocycles. The third-order valence-electron chi connectivity index (χ3n) is 10.7. The van der Waals surface area contributed by atoms with Crippen LogP contribution in [0.3, 0.4) is 0 Å². The summed E-state index contributed by atoms with van der Waals surface area (Å²) in [4.78, 5) is 62.5. The highest BCUT2D eigenvalue weighted by atomic mass is 16.5. The monoisotopic (exact) mass is 692 g/mol. The van der Waals surface area contributed by atoms with Gasteiger partial charge in [-0.2, -0.15) is 0 Å². The van der Waals surface area contributed by atoms with Gasteiger partial charge in [0.05, 0.1) is 30.7 Å². The number of rotatable bonds is 20. The molecule has 10 nitrogen and oxygen atoms in total. The zero-order chi connectivity index (χ0) is 37.0. The Bertz CT molecular complexity index is 1380. The van der Waals surface area contributed by atoms with Gasteiger partial charge in [-0.25, -0.2) is 0 Å². The maximum Gasteiger partial charge on any atom is 0.226 e. The van der Waals surface area contributed by atoms with E-state index >= 15 is 0 Å². The lowest BCUT2D eigenvalue weighted by molar-refractivity contribution is -0.148. The number of nitrogens with two attached hydrogens (primary N) is 1. The molecule has 276 valence electrons. The Hall–Kier alpha value is -3.63. The number of methoxy groups -OCH3 is 2. The number of hydrogen-bond acceptors (Lipinski definition) is 8. The van der Waals surface area contributed by atoms with Crippen molar-refractivity contribution in [2.75, 3.05) is 33.5 Å². The number of nitrogens with zero attached hydrogens (tertiary/aromatic N) is 3. The lowest BCUT2D eigenvalue weighted by Gasteiger charge is -2.40. The zero-order valence-corrected chi connectivity index (χ0v) is 31.5. The van der Waals surface area contributed by atoms with Crippen molar-refractivity contribution >= 4 is 29.1 Å².